The van der Waals surface area contributed by atoms with E-state index in [1.807, 2.05) is 0 Å². The van der Waals surface area contributed by atoms with E-state index >= 15 is 0 Å². The Morgan fingerprint density at radius 3 is 2.50 bits per heavy atom. The first-order valence-corrected chi connectivity index (χ1v) is 7.57. The van der Waals surface area contributed by atoms with Crippen molar-refractivity contribution in [2.24, 2.45) is 0 Å². The largest absolute Gasteiger partial charge is 0.481 e. The number of rotatable bonds is 5. The molecular formula is C11H12Cl2O4S. The van der Waals surface area contributed by atoms with Gasteiger partial charge in [-0.25, -0.2) is 8.42 Å². The summed E-state index contributed by atoms with van der Waals surface area (Å²) in [7, 11) is -3.55. The Morgan fingerprint density at radius 2 is 2.00 bits per heavy atom. The summed E-state index contributed by atoms with van der Waals surface area (Å²) in [5, 5.41) is 8.31. The third-order valence-electron chi connectivity index (χ3n) is 2.45. The molecule has 0 heterocycles. The molecule has 1 aromatic rings. The highest BCUT2D eigenvalue weighted by atomic mass is 35.5. The molecule has 0 fully saturated rings. The van der Waals surface area contributed by atoms with Crippen LogP contribution in [0.1, 0.15) is 18.9 Å². The third kappa shape index (κ3) is 4.15. The number of hydrogen-bond acceptors (Lipinski definition) is 3. The molecule has 0 aromatic heterocycles. The molecule has 0 aliphatic carbocycles. The standard InChI is InChI=1S/C11H12Cl2O4S/c1-7(4-11(14)15)18(16,17)6-8-2-3-9(12)5-10(8)13/h2-3,5,7H,4,6H2,1H3,(H,14,15). The quantitative estimate of drug-likeness (QED) is 0.907. The normalized spacial score (nSPS) is 13.3. The summed E-state index contributed by atoms with van der Waals surface area (Å²) in [6.45, 7) is 1.37. The summed E-state index contributed by atoms with van der Waals surface area (Å²) in [6, 6.07) is 4.52. The molecule has 0 saturated carbocycles. The maximum atomic E-state index is 11.9. The number of sulfone groups is 1. The zero-order valence-electron chi connectivity index (χ0n) is 9.56. The van der Waals surface area contributed by atoms with Gasteiger partial charge in [-0.05, 0) is 24.6 Å². The van der Waals surface area contributed by atoms with E-state index < -0.39 is 27.5 Å². The molecule has 1 N–H and O–H groups in total. The number of benzene rings is 1. The van der Waals surface area contributed by atoms with Crippen LogP contribution < -0.4 is 0 Å². The van der Waals surface area contributed by atoms with Crippen molar-refractivity contribution in [2.45, 2.75) is 24.3 Å². The van der Waals surface area contributed by atoms with Gasteiger partial charge in [-0.3, -0.25) is 4.79 Å². The Hall–Kier alpha value is -0.780. The first-order valence-electron chi connectivity index (χ1n) is 5.09. The average Bonchev–Trinajstić information content (AvgIpc) is 2.21. The van der Waals surface area contributed by atoms with Crippen LogP contribution in [0.2, 0.25) is 10.0 Å². The first-order chi connectivity index (χ1) is 8.22. The zero-order valence-corrected chi connectivity index (χ0v) is 11.9. The minimum atomic E-state index is -3.55. The molecule has 1 rings (SSSR count). The molecule has 1 atom stereocenters. The van der Waals surface area contributed by atoms with Gasteiger partial charge in [0.2, 0.25) is 0 Å². The molecule has 1 unspecified atom stereocenters. The van der Waals surface area contributed by atoms with Crippen LogP contribution in [0.3, 0.4) is 0 Å². The van der Waals surface area contributed by atoms with Crippen LogP contribution in [0.4, 0.5) is 0 Å². The van der Waals surface area contributed by atoms with E-state index in [1.54, 1.807) is 6.07 Å². The maximum Gasteiger partial charge on any atom is 0.304 e. The Labute approximate surface area is 115 Å². The van der Waals surface area contributed by atoms with Crippen LogP contribution >= 0.6 is 23.2 Å². The van der Waals surface area contributed by atoms with Crippen molar-refractivity contribution >= 4 is 39.0 Å². The van der Waals surface area contributed by atoms with Crippen LogP contribution in [-0.4, -0.2) is 24.7 Å². The highest BCUT2D eigenvalue weighted by molar-refractivity contribution is 7.91. The van der Waals surface area contributed by atoms with Crippen molar-refractivity contribution in [3.63, 3.8) is 0 Å². The second-order valence-electron chi connectivity index (χ2n) is 3.95. The van der Waals surface area contributed by atoms with E-state index in [4.69, 9.17) is 28.3 Å². The van der Waals surface area contributed by atoms with Crippen molar-refractivity contribution in [1.29, 1.82) is 0 Å². The molecule has 0 aliphatic rings. The maximum absolute atomic E-state index is 11.9. The zero-order chi connectivity index (χ0) is 13.9. The van der Waals surface area contributed by atoms with Crippen LogP contribution in [-0.2, 0) is 20.4 Å². The van der Waals surface area contributed by atoms with Crippen molar-refractivity contribution in [3.8, 4) is 0 Å². The fraction of sp³-hybridized carbons (Fsp3) is 0.364. The minimum Gasteiger partial charge on any atom is -0.481 e. The van der Waals surface area contributed by atoms with Crippen molar-refractivity contribution in [2.75, 3.05) is 0 Å². The molecule has 0 spiro atoms. The van der Waals surface area contributed by atoms with Crippen LogP contribution in [0.15, 0.2) is 18.2 Å². The van der Waals surface area contributed by atoms with Gasteiger partial charge >= 0.3 is 5.97 Å². The molecule has 7 heteroatoms. The lowest BCUT2D eigenvalue weighted by atomic mass is 10.2. The first kappa shape index (κ1) is 15.3. The van der Waals surface area contributed by atoms with Gasteiger partial charge in [0, 0.05) is 10.0 Å². The van der Waals surface area contributed by atoms with Gasteiger partial charge in [0.05, 0.1) is 17.4 Å². The number of carboxylic acids is 1. The van der Waals surface area contributed by atoms with Crippen molar-refractivity contribution < 1.29 is 18.3 Å². The van der Waals surface area contributed by atoms with Crippen LogP contribution in [0.25, 0.3) is 0 Å². The number of carboxylic acid groups (broad SMARTS) is 1. The second kappa shape index (κ2) is 5.91. The lowest BCUT2D eigenvalue weighted by molar-refractivity contribution is -0.136. The number of hydrogen-bond donors (Lipinski definition) is 1. The predicted octanol–water partition coefficient (Wildman–Crippen LogP) is 2.77. The van der Waals surface area contributed by atoms with Gasteiger partial charge in [0.1, 0.15) is 0 Å². The summed E-state index contributed by atoms with van der Waals surface area (Å²) < 4.78 is 23.8. The van der Waals surface area contributed by atoms with E-state index in [-0.39, 0.29) is 10.8 Å². The van der Waals surface area contributed by atoms with Crippen molar-refractivity contribution in [1.82, 2.24) is 0 Å². The SMILES string of the molecule is CC(CC(=O)O)S(=O)(=O)Cc1ccc(Cl)cc1Cl. The topological polar surface area (TPSA) is 71.4 Å². The van der Waals surface area contributed by atoms with Crippen LogP contribution in [0.5, 0.6) is 0 Å². The summed E-state index contributed by atoms with van der Waals surface area (Å²) in [6.07, 6.45) is -0.423. The number of halogens is 2. The van der Waals surface area contributed by atoms with Gasteiger partial charge in [0.15, 0.2) is 9.84 Å². The summed E-state index contributed by atoms with van der Waals surface area (Å²) in [4.78, 5) is 10.5. The van der Waals surface area contributed by atoms with Gasteiger partial charge in [0.25, 0.3) is 0 Å². The van der Waals surface area contributed by atoms with Crippen LogP contribution in [0, 0.1) is 0 Å². The summed E-state index contributed by atoms with van der Waals surface area (Å²) >= 11 is 11.6. The summed E-state index contributed by atoms with van der Waals surface area (Å²) in [5.41, 5.74) is 0.415. The molecule has 0 radical (unpaired) electrons. The second-order valence-corrected chi connectivity index (χ2v) is 7.21. The van der Waals surface area contributed by atoms with E-state index in [0.717, 1.165) is 0 Å². The minimum absolute atomic E-state index is 0.258. The van der Waals surface area contributed by atoms with E-state index in [0.29, 0.717) is 10.6 Å². The molecule has 0 amide bonds. The Balaban J connectivity index is 2.92. The number of aliphatic carboxylic acids is 1. The summed E-state index contributed by atoms with van der Waals surface area (Å²) in [5.74, 6) is -1.44. The lowest BCUT2D eigenvalue weighted by Gasteiger charge is -2.11. The van der Waals surface area contributed by atoms with E-state index in [2.05, 4.69) is 0 Å². The molecule has 100 valence electrons. The smallest absolute Gasteiger partial charge is 0.304 e. The molecule has 18 heavy (non-hydrogen) atoms. The fourth-order valence-corrected chi connectivity index (χ4v) is 3.29. The molecule has 4 nitrogen and oxygen atoms in total. The fourth-order valence-electron chi connectivity index (χ4n) is 1.37. The highest BCUT2D eigenvalue weighted by Gasteiger charge is 2.24. The highest BCUT2D eigenvalue weighted by Crippen LogP contribution is 2.24. The lowest BCUT2D eigenvalue weighted by Crippen LogP contribution is -2.22. The predicted molar refractivity (Wildman–Crippen MR) is 70.8 cm³/mol. The van der Waals surface area contributed by atoms with E-state index in [1.165, 1.54) is 19.1 Å². The number of carbonyl (C=O) groups is 1. The van der Waals surface area contributed by atoms with Gasteiger partial charge in [-0.1, -0.05) is 29.3 Å². The molecular weight excluding hydrogens is 299 g/mol. The molecule has 1 aromatic carbocycles. The van der Waals surface area contributed by atoms with Gasteiger partial charge in [-0.2, -0.15) is 0 Å². The van der Waals surface area contributed by atoms with Gasteiger partial charge in [-0.15, -0.1) is 0 Å². The van der Waals surface area contributed by atoms with Gasteiger partial charge < -0.3 is 5.11 Å². The average molecular weight is 311 g/mol. The molecule has 0 aliphatic heterocycles. The van der Waals surface area contributed by atoms with Crippen molar-refractivity contribution in [3.05, 3.63) is 33.8 Å². The molecule has 0 saturated heterocycles. The third-order valence-corrected chi connectivity index (χ3v) is 5.14. The van der Waals surface area contributed by atoms with E-state index in [9.17, 15) is 13.2 Å². The Morgan fingerprint density at radius 1 is 1.39 bits per heavy atom. The Bertz CT molecular complexity index is 554. The Kier molecular flexibility index (Phi) is 5.01. The monoisotopic (exact) mass is 310 g/mol. The molecule has 0 bridgehead atoms.